The van der Waals surface area contributed by atoms with Gasteiger partial charge in [-0.25, -0.2) is 0 Å². The molecule has 0 atom stereocenters. The van der Waals surface area contributed by atoms with Crippen LogP contribution in [-0.4, -0.2) is 18.1 Å². The third-order valence-corrected chi connectivity index (χ3v) is 3.59. The van der Waals surface area contributed by atoms with E-state index in [1.54, 1.807) is 0 Å². The van der Waals surface area contributed by atoms with E-state index in [0.717, 1.165) is 11.0 Å². The van der Waals surface area contributed by atoms with Crippen LogP contribution in [-0.2, 0) is 0 Å². The molecule has 3 heteroatoms. The van der Waals surface area contributed by atoms with E-state index in [4.69, 9.17) is 0 Å². The first-order chi connectivity index (χ1) is 7.42. The number of fused-ring (bicyclic) bond motifs is 1. The lowest BCUT2D eigenvalue weighted by Crippen LogP contribution is -2.55. The van der Waals surface area contributed by atoms with Gasteiger partial charge in [-0.15, -0.1) is 0 Å². The molecule has 0 saturated carbocycles. The molecule has 1 N–H and O–H groups in total. The van der Waals surface area contributed by atoms with Crippen molar-refractivity contribution in [3.05, 3.63) is 22.7 Å². The largest absolute Gasteiger partial charge is 0.381 e. The number of halogens is 1. The van der Waals surface area contributed by atoms with Crippen molar-refractivity contribution < 1.29 is 0 Å². The summed E-state index contributed by atoms with van der Waals surface area (Å²) in [4.78, 5) is 2.49. The summed E-state index contributed by atoms with van der Waals surface area (Å²) in [7, 11) is 0. The molecule has 1 aromatic carbocycles. The summed E-state index contributed by atoms with van der Waals surface area (Å²) in [5.74, 6) is 0. The van der Waals surface area contributed by atoms with Gasteiger partial charge in [-0.1, -0.05) is 15.9 Å². The van der Waals surface area contributed by atoms with Gasteiger partial charge < -0.3 is 10.2 Å². The topological polar surface area (TPSA) is 15.3 Å². The predicted octanol–water partition coefficient (Wildman–Crippen LogP) is 3.87. The quantitative estimate of drug-likeness (QED) is 0.841. The fourth-order valence-electron chi connectivity index (χ4n) is 2.56. The number of hydrogen-bond acceptors (Lipinski definition) is 2. The number of hydrogen-bond donors (Lipinski definition) is 1. The zero-order valence-corrected chi connectivity index (χ0v) is 11.9. The van der Waals surface area contributed by atoms with Gasteiger partial charge in [0.1, 0.15) is 0 Å². The van der Waals surface area contributed by atoms with Crippen LogP contribution in [0.4, 0.5) is 11.4 Å². The third kappa shape index (κ3) is 1.93. The van der Waals surface area contributed by atoms with Gasteiger partial charge in [-0.2, -0.15) is 0 Å². The highest BCUT2D eigenvalue weighted by molar-refractivity contribution is 9.10. The maximum atomic E-state index is 3.52. The smallest absolute Gasteiger partial charge is 0.0610 e. The highest BCUT2D eigenvalue weighted by atomic mass is 79.9. The minimum absolute atomic E-state index is 0.162. The van der Waals surface area contributed by atoms with E-state index in [-0.39, 0.29) is 5.54 Å². The van der Waals surface area contributed by atoms with E-state index in [9.17, 15) is 0 Å². The van der Waals surface area contributed by atoms with Gasteiger partial charge in [0.25, 0.3) is 0 Å². The Kier molecular flexibility index (Phi) is 2.91. The van der Waals surface area contributed by atoms with Crippen molar-refractivity contribution in [1.82, 2.24) is 0 Å². The van der Waals surface area contributed by atoms with E-state index in [0.29, 0.717) is 6.04 Å². The molecular formula is C13H19BrN2. The molecule has 0 fully saturated rings. The Morgan fingerprint density at radius 1 is 1.38 bits per heavy atom. The molecular weight excluding hydrogens is 264 g/mol. The van der Waals surface area contributed by atoms with Crippen LogP contribution in [0.3, 0.4) is 0 Å². The molecule has 88 valence electrons. The molecule has 0 unspecified atom stereocenters. The Hall–Kier alpha value is -0.700. The van der Waals surface area contributed by atoms with Crippen LogP contribution in [0.2, 0.25) is 0 Å². The summed E-state index contributed by atoms with van der Waals surface area (Å²) >= 11 is 3.52. The Balaban J connectivity index is 2.50. The molecule has 0 amide bonds. The second kappa shape index (κ2) is 3.95. The SMILES string of the molecule is CC(C)N1c2ccc(Br)cc2NCC1(C)C. The average molecular weight is 283 g/mol. The van der Waals surface area contributed by atoms with E-state index in [1.165, 1.54) is 11.4 Å². The number of nitrogens with one attached hydrogen (secondary N) is 1. The average Bonchev–Trinajstić information content (AvgIpc) is 2.16. The van der Waals surface area contributed by atoms with E-state index in [1.807, 2.05) is 0 Å². The van der Waals surface area contributed by atoms with Crippen LogP contribution < -0.4 is 10.2 Å². The van der Waals surface area contributed by atoms with Gasteiger partial charge in [-0.05, 0) is 45.9 Å². The predicted molar refractivity (Wildman–Crippen MR) is 74.3 cm³/mol. The highest BCUT2D eigenvalue weighted by Gasteiger charge is 2.34. The molecule has 0 bridgehead atoms. The molecule has 2 nitrogen and oxygen atoms in total. The summed E-state index contributed by atoms with van der Waals surface area (Å²) in [5, 5.41) is 3.51. The first-order valence-electron chi connectivity index (χ1n) is 5.74. The third-order valence-electron chi connectivity index (χ3n) is 3.10. The summed E-state index contributed by atoms with van der Waals surface area (Å²) < 4.78 is 1.13. The number of nitrogens with zero attached hydrogens (tertiary/aromatic N) is 1. The molecule has 0 aliphatic carbocycles. The van der Waals surface area contributed by atoms with Crippen molar-refractivity contribution in [1.29, 1.82) is 0 Å². The van der Waals surface area contributed by atoms with Crippen LogP contribution >= 0.6 is 15.9 Å². The lowest BCUT2D eigenvalue weighted by Gasteiger charge is -2.48. The lowest BCUT2D eigenvalue weighted by molar-refractivity contribution is 0.439. The summed E-state index contributed by atoms with van der Waals surface area (Å²) in [6.45, 7) is 10.0. The van der Waals surface area contributed by atoms with Crippen LogP contribution in [0.15, 0.2) is 22.7 Å². The Morgan fingerprint density at radius 3 is 2.69 bits per heavy atom. The van der Waals surface area contributed by atoms with Gasteiger partial charge in [0.2, 0.25) is 0 Å². The molecule has 0 spiro atoms. The van der Waals surface area contributed by atoms with Crippen LogP contribution in [0.5, 0.6) is 0 Å². The van der Waals surface area contributed by atoms with Gasteiger partial charge >= 0.3 is 0 Å². The fraction of sp³-hybridized carbons (Fsp3) is 0.538. The maximum absolute atomic E-state index is 3.52. The van der Waals surface area contributed by atoms with Crippen molar-refractivity contribution in [2.45, 2.75) is 39.3 Å². The van der Waals surface area contributed by atoms with Crippen molar-refractivity contribution in [3.63, 3.8) is 0 Å². The van der Waals surface area contributed by atoms with Crippen molar-refractivity contribution in [2.75, 3.05) is 16.8 Å². The molecule has 1 aliphatic rings. The van der Waals surface area contributed by atoms with Crippen molar-refractivity contribution >= 4 is 27.3 Å². The zero-order chi connectivity index (χ0) is 11.9. The molecule has 0 saturated heterocycles. The van der Waals surface area contributed by atoms with E-state index in [2.05, 4.69) is 72.0 Å². The molecule has 1 aromatic rings. The Morgan fingerprint density at radius 2 is 2.06 bits per heavy atom. The number of anilines is 2. The number of benzene rings is 1. The molecule has 2 rings (SSSR count). The van der Waals surface area contributed by atoms with Crippen LogP contribution in [0.25, 0.3) is 0 Å². The maximum Gasteiger partial charge on any atom is 0.0610 e. The van der Waals surface area contributed by atoms with Gasteiger partial charge in [-0.3, -0.25) is 0 Å². The van der Waals surface area contributed by atoms with Gasteiger partial charge in [0.05, 0.1) is 16.9 Å². The fourth-order valence-corrected chi connectivity index (χ4v) is 2.92. The normalized spacial score (nSPS) is 18.2. The Bertz CT molecular complexity index is 399. The summed E-state index contributed by atoms with van der Waals surface area (Å²) in [6.07, 6.45) is 0. The summed E-state index contributed by atoms with van der Waals surface area (Å²) in [5.41, 5.74) is 2.69. The zero-order valence-electron chi connectivity index (χ0n) is 10.3. The van der Waals surface area contributed by atoms with Gasteiger partial charge in [0.15, 0.2) is 0 Å². The van der Waals surface area contributed by atoms with Gasteiger partial charge in [0, 0.05) is 17.1 Å². The molecule has 0 radical (unpaired) electrons. The molecule has 0 aromatic heterocycles. The second-order valence-corrected chi connectivity index (χ2v) is 6.21. The Labute approximate surface area is 106 Å². The van der Waals surface area contributed by atoms with Crippen molar-refractivity contribution in [2.24, 2.45) is 0 Å². The monoisotopic (exact) mass is 282 g/mol. The minimum Gasteiger partial charge on any atom is -0.381 e. The highest BCUT2D eigenvalue weighted by Crippen LogP contribution is 2.38. The first-order valence-corrected chi connectivity index (χ1v) is 6.54. The van der Waals surface area contributed by atoms with Crippen LogP contribution in [0, 0.1) is 0 Å². The molecule has 1 aliphatic heterocycles. The van der Waals surface area contributed by atoms with E-state index < -0.39 is 0 Å². The van der Waals surface area contributed by atoms with E-state index >= 15 is 0 Å². The first kappa shape index (κ1) is 11.8. The number of rotatable bonds is 1. The minimum atomic E-state index is 0.162. The van der Waals surface area contributed by atoms with Crippen LogP contribution in [0.1, 0.15) is 27.7 Å². The molecule has 1 heterocycles. The second-order valence-electron chi connectivity index (χ2n) is 5.29. The molecule has 16 heavy (non-hydrogen) atoms. The summed E-state index contributed by atoms with van der Waals surface area (Å²) in [6, 6.07) is 6.96. The van der Waals surface area contributed by atoms with Crippen molar-refractivity contribution in [3.8, 4) is 0 Å². The lowest BCUT2D eigenvalue weighted by atomic mass is 9.95. The standard InChI is InChI=1S/C13H19BrN2/c1-9(2)16-12-6-5-10(14)7-11(12)15-8-13(16,3)4/h5-7,9,15H,8H2,1-4H3.